The molecule has 1 unspecified atom stereocenters. The lowest BCUT2D eigenvalue weighted by molar-refractivity contribution is -0.870. The lowest BCUT2D eigenvalue weighted by Crippen LogP contribution is -2.37. The highest BCUT2D eigenvalue weighted by Gasteiger charge is 2.21. The molecule has 0 aliphatic heterocycles. The van der Waals surface area contributed by atoms with Gasteiger partial charge in [0.05, 0.1) is 27.7 Å². The summed E-state index contributed by atoms with van der Waals surface area (Å²) in [7, 11) is 1.16. The molecule has 2 atom stereocenters. The van der Waals surface area contributed by atoms with Crippen molar-refractivity contribution in [3.05, 3.63) is 36.5 Å². The molecular weight excluding hydrogens is 774 g/mol. The van der Waals surface area contributed by atoms with Crippen molar-refractivity contribution in [1.82, 2.24) is 0 Å². The van der Waals surface area contributed by atoms with Gasteiger partial charge in [0.1, 0.15) is 19.8 Å². The third kappa shape index (κ3) is 45.7. The Hall–Kier alpha value is -1.77. The molecule has 0 bridgehead atoms. The van der Waals surface area contributed by atoms with E-state index in [0.717, 1.165) is 44.9 Å². The first-order chi connectivity index (χ1) is 29.0. The normalized spacial score (nSPS) is 13.8. The standard InChI is InChI=1S/C50H94NO8P/c1-6-8-10-12-14-16-18-20-22-24-25-27-28-30-32-34-36-38-40-42-49(52)56-46-48(47-58-60(54,55)57-45-44-51(3,4)5)59-50(53)43-41-39-37-35-33-31-29-26-23-21-19-17-15-13-11-9-7-2/h14,16-17,19-20,22,48H,6-13,15,18,21,23-47H2,1-5H3/b16-14+,19-17+,22-20+/t48-/m1/s1. The number of phosphoric ester groups is 1. The van der Waals surface area contributed by atoms with Crippen LogP contribution in [0.1, 0.15) is 219 Å². The fraction of sp³-hybridized carbons (Fsp3) is 0.840. The third-order valence-corrected chi connectivity index (χ3v) is 11.6. The van der Waals surface area contributed by atoms with Crippen LogP contribution in [0.5, 0.6) is 0 Å². The van der Waals surface area contributed by atoms with E-state index in [4.69, 9.17) is 18.5 Å². The summed E-state index contributed by atoms with van der Waals surface area (Å²) in [6, 6.07) is 0. The molecule has 0 aromatic rings. The van der Waals surface area contributed by atoms with Gasteiger partial charge in [0.25, 0.3) is 7.82 Å². The van der Waals surface area contributed by atoms with Crippen molar-refractivity contribution in [2.45, 2.75) is 225 Å². The molecule has 0 rings (SSSR count). The van der Waals surface area contributed by atoms with Crippen LogP contribution in [0.15, 0.2) is 36.5 Å². The second-order valence-corrected chi connectivity index (χ2v) is 19.2. The second kappa shape index (κ2) is 42.5. The van der Waals surface area contributed by atoms with E-state index in [1.807, 2.05) is 21.1 Å². The lowest BCUT2D eigenvalue weighted by atomic mass is 10.1. The first-order valence-electron chi connectivity index (χ1n) is 24.7. The summed E-state index contributed by atoms with van der Waals surface area (Å²) in [6.45, 7) is 4.21. The molecular formula is C50H94NO8P. The highest BCUT2D eigenvalue weighted by atomic mass is 31.2. The molecule has 0 spiro atoms. The van der Waals surface area contributed by atoms with Crippen molar-refractivity contribution in [1.29, 1.82) is 0 Å². The van der Waals surface area contributed by atoms with Crippen molar-refractivity contribution in [3.63, 3.8) is 0 Å². The maximum absolute atomic E-state index is 12.7. The zero-order chi connectivity index (χ0) is 44.3. The minimum absolute atomic E-state index is 0.0315. The maximum atomic E-state index is 12.7. The topological polar surface area (TPSA) is 111 Å². The molecule has 0 aliphatic rings. The van der Waals surface area contributed by atoms with E-state index in [-0.39, 0.29) is 32.0 Å². The van der Waals surface area contributed by atoms with Crippen LogP contribution in [0, 0.1) is 0 Å². The number of nitrogens with zero attached hydrogens (tertiary/aromatic N) is 1. The van der Waals surface area contributed by atoms with Gasteiger partial charge in [0.15, 0.2) is 6.10 Å². The van der Waals surface area contributed by atoms with Gasteiger partial charge in [-0.2, -0.15) is 0 Å². The smallest absolute Gasteiger partial charge is 0.306 e. The SMILES string of the molecule is CCCCC/C=C/C/C=C/CCCCCCCCCCCC(=O)OC[C@H](COP(=O)([O-])OCC[N+](C)(C)C)OC(=O)CCCCCCCCCCC/C=C/CCCCCC. The van der Waals surface area contributed by atoms with Crippen molar-refractivity contribution >= 4 is 19.8 Å². The molecule has 60 heavy (non-hydrogen) atoms. The summed E-state index contributed by atoms with van der Waals surface area (Å²) < 4.78 is 34.0. The number of unbranched alkanes of at least 4 members (excludes halogenated alkanes) is 25. The zero-order valence-corrected chi connectivity index (χ0v) is 40.6. The van der Waals surface area contributed by atoms with Gasteiger partial charge in [-0.15, -0.1) is 0 Å². The number of quaternary nitrogens is 1. The fourth-order valence-electron chi connectivity index (χ4n) is 6.74. The molecule has 0 aliphatic carbocycles. The molecule has 0 N–H and O–H groups in total. The molecule has 0 aromatic carbocycles. The molecule has 0 fully saturated rings. The summed E-state index contributed by atoms with van der Waals surface area (Å²) in [4.78, 5) is 37.7. The molecule has 10 heteroatoms. The van der Waals surface area contributed by atoms with Gasteiger partial charge in [0.2, 0.25) is 0 Å². The van der Waals surface area contributed by atoms with Crippen LogP contribution in [0.25, 0.3) is 0 Å². The highest BCUT2D eigenvalue weighted by Crippen LogP contribution is 2.38. The average Bonchev–Trinajstić information content (AvgIpc) is 3.20. The summed E-state index contributed by atoms with van der Waals surface area (Å²) in [6.07, 6.45) is 48.8. The predicted molar refractivity (Wildman–Crippen MR) is 250 cm³/mol. The van der Waals surface area contributed by atoms with Crippen molar-refractivity contribution < 1.29 is 42.1 Å². The number of phosphoric acid groups is 1. The van der Waals surface area contributed by atoms with Gasteiger partial charge in [-0.1, -0.05) is 172 Å². The third-order valence-electron chi connectivity index (χ3n) is 10.6. The number of allylic oxidation sites excluding steroid dienone is 6. The van der Waals surface area contributed by atoms with Gasteiger partial charge in [-0.3, -0.25) is 14.2 Å². The van der Waals surface area contributed by atoms with Crippen LogP contribution in [0.4, 0.5) is 0 Å². The number of rotatable bonds is 45. The molecule has 0 heterocycles. The van der Waals surface area contributed by atoms with Gasteiger partial charge in [0, 0.05) is 12.8 Å². The Bertz CT molecular complexity index is 1120. The molecule has 0 aromatic heterocycles. The van der Waals surface area contributed by atoms with Gasteiger partial charge >= 0.3 is 11.9 Å². The quantitative estimate of drug-likeness (QED) is 0.0196. The first-order valence-corrected chi connectivity index (χ1v) is 26.2. The van der Waals surface area contributed by atoms with E-state index in [9.17, 15) is 19.0 Å². The minimum Gasteiger partial charge on any atom is -0.756 e. The van der Waals surface area contributed by atoms with Gasteiger partial charge < -0.3 is 27.9 Å². The Balaban J connectivity index is 4.27. The number of hydrogen-bond donors (Lipinski definition) is 0. The van der Waals surface area contributed by atoms with Crippen molar-refractivity contribution in [3.8, 4) is 0 Å². The number of ether oxygens (including phenoxy) is 2. The van der Waals surface area contributed by atoms with Crippen LogP contribution in [-0.2, 0) is 32.7 Å². The van der Waals surface area contributed by atoms with Crippen molar-refractivity contribution in [2.24, 2.45) is 0 Å². The van der Waals surface area contributed by atoms with Crippen LogP contribution < -0.4 is 4.89 Å². The maximum Gasteiger partial charge on any atom is 0.306 e. The highest BCUT2D eigenvalue weighted by molar-refractivity contribution is 7.45. The van der Waals surface area contributed by atoms with E-state index in [0.29, 0.717) is 17.4 Å². The molecule has 0 saturated carbocycles. The Labute approximate surface area is 370 Å². The Morgan fingerprint density at radius 3 is 1.37 bits per heavy atom. The number of hydrogen-bond acceptors (Lipinski definition) is 8. The molecule has 9 nitrogen and oxygen atoms in total. The van der Waals surface area contributed by atoms with Gasteiger partial charge in [-0.25, -0.2) is 0 Å². The Morgan fingerprint density at radius 1 is 0.517 bits per heavy atom. The van der Waals surface area contributed by atoms with E-state index in [1.54, 1.807) is 0 Å². The van der Waals surface area contributed by atoms with Crippen LogP contribution >= 0.6 is 7.82 Å². The summed E-state index contributed by atoms with van der Waals surface area (Å²) in [5, 5.41) is 0. The number of esters is 2. The zero-order valence-electron chi connectivity index (χ0n) is 39.7. The minimum atomic E-state index is -4.63. The lowest BCUT2D eigenvalue weighted by Gasteiger charge is -2.28. The molecule has 0 amide bonds. The number of carbonyl (C=O) groups is 2. The van der Waals surface area contributed by atoms with Gasteiger partial charge in [-0.05, 0) is 70.6 Å². The summed E-state index contributed by atoms with van der Waals surface area (Å²) in [5.41, 5.74) is 0. The van der Waals surface area contributed by atoms with E-state index in [2.05, 4.69) is 50.3 Å². The van der Waals surface area contributed by atoms with E-state index >= 15 is 0 Å². The Morgan fingerprint density at radius 2 is 0.900 bits per heavy atom. The van der Waals surface area contributed by atoms with Crippen LogP contribution in [0.3, 0.4) is 0 Å². The number of likely N-dealkylation sites (N-methyl/N-ethyl adjacent to an activating group) is 1. The first kappa shape index (κ1) is 58.2. The monoisotopic (exact) mass is 868 g/mol. The molecule has 0 saturated heterocycles. The van der Waals surface area contributed by atoms with E-state index in [1.165, 1.54) is 141 Å². The molecule has 352 valence electrons. The average molecular weight is 868 g/mol. The second-order valence-electron chi connectivity index (χ2n) is 17.8. The fourth-order valence-corrected chi connectivity index (χ4v) is 7.47. The number of carbonyl (C=O) groups excluding carboxylic acids is 2. The predicted octanol–water partition coefficient (Wildman–Crippen LogP) is 13.8. The summed E-state index contributed by atoms with van der Waals surface area (Å²) >= 11 is 0. The Kier molecular flexibility index (Phi) is 41.3. The van der Waals surface area contributed by atoms with E-state index < -0.39 is 26.5 Å². The van der Waals surface area contributed by atoms with Crippen LogP contribution in [-0.4, -0.2) is 70.0 Å². The largest absolute Gasteiger partial charge is 0.756 e. The van der Waals surface area contributed by atoms with Crippen LogP contribution in [0.2, 0.25) is 0 Å². The van der Waals surface area contributed by atoms with Crippen molar-refractivity contribution in [2.75, 3.05) is 47.5 Å². The summed E-state index contributed by atoms with van der Waals surface area (Å²) in [5.74, 6) is -0.836. The molecule has 0 radical (unpaired) electrons.